The van der Waals surface area contributed by atoms with Crippen LogP contribution < -0.4 is 5.32 Å². The number of ether oxygens (including phenoxy) is 1. The van der Waals surface area contributed by atoms with Gasteiger partial charge in [-0.2, -0.15) is 0 Å². The predicted molar refractivity (Wildman–Crippen MR) is 63.4 cm³/mol. The van der Waals surface area contributed by atoms with Gasteiger partial charge in [-0.25, -0.2) is 4.98 Å². The van der Waals surface area contributed by atoms with Crippen LogP contribution in [-0.4, -0.2) is 36.0 Å². The number of anilines is 1. The first kappa shape index (κ1) is 12.3. The third-order valence-corrected chi connectivity index (χ3v) is 2.57. The lowest BCUT2D eigenvalue weighted by atomic mass is 10.5. The first-order valence-electron chi connectivity index (χ1n) is 5.04. The van der Waals surface area contributed by atoms with Crippen LogP contribution in [0.4, 0.5) is 5.82 Å². The van der Waals surface area contributed by atoms with Crippen molar-refractivity contribution < 1.29 is 4.74 Å². The zero-order chi connectivity index (χ0) is 10.9. The molecule has 1 aromatic rings. The van der Waals surface area contributed by atoms with E-state index in [1.54, 1.807) is 31.3 Å². The summed E-state index contributed by atoms with van der Waals surface area (Å²) in [5.41, 5.74) is 0. The molecule has 1 rings (SSSR count). The molecule has 4 nitrogen and oxygen atoms in total. The fourth-order valence-corrected chi connectivity index (χ4v) is 1.74. The van der Waals surface area contributed by atoms with E-state index in [9.17, 15) is 0 Å². The smallest absolute Gasteiger partial charge is 0.145 e. The van der Waals surface area contributed by atoms with E-state index in [-0.39, 0.29) is 0 Å². The lowest BCUT2D eigenvalue weighted by molar-refractivity contribution is 0.218. The van der Waals surface area contributed by atoms with Gasteiger partial charge in [-0.15, -0.1) is 11.8 Å². The summed E-state index contributed by atoms with van der Waals surface area (Å²) in [5, 5.41) is 4.15. The second-order valence-electron chi connectivity index (χ2n) is 3.01. The molecule has 1 aromatic heterocycles. The van der Waals surface area contributed by atoms with E-state index in [4.69, 9.17) is 4.74 Å². The minimum atomic E-state index is 0.735. The molecule has 0 fully saturated rings. The fraction of sp³-hybridized carbons (Fsp3) is 0.600. The number of rotatable bonds is 7. The molecule has 1 heterocycles. The topological polar surface area (TPSA) is 47.0 Å². The third kappa shape index (κ3) is 4.99. The second-order valence-corrected chi connectivity index (χ2v) is 4.13. The van der Waals surface area contributed by atoms with Gasteiger partial charge in [0.15, 0.2) is 0 Å². The summed E-state index contributed by atoms with van der Waals surface area (Å²) in [6.07, 6.45) is 4.61. The highest BCUT2D eigenvalue weighted by atomic mass is 32.2. The zero-order valence-electron chi connectivity index (χ0n) is 9.19. The van der Waals surface area contributed by atoms with Gasteiger partial charge in [-0.05, 0) is 6.42 Å². The van der Waals surface area contributed by atoms with Crippen molar-refractivity contribution in [2.75, 3.05) is 31.3 Å². The molecule has 15 heavy (non-hydrogen) atoms. The highest BCUT2D eigenvalue weighted by Crippen LogP contribution is 2.15. The van der Waals surface area contributed by atoms with Crippen molar-refractivity contribution in [3.05, 3.63) is 12.4 Å². The molecule has 0 atom stereocenters. The molecule has 0 unspecified atom stereocenters. The van der Waals surface area contributed by atoms with Gasteiger partial charge in [0.05, 0.1) is 19.0 Å². The van der Waals surface area contributed by atoms with Crippen LogP contribution in [0.5, 0.6) is 0 Å². The van der Waals surface area contributed by atoms with Crippen molar-refractivity contribution in [2.24, 2.45) is 0 Å². The maximum Gasteiger partial charge on any atom is 0.145 e. The van der Waals surface area contributed by atoms with Gasteiger partial charge in [0.25, 0.3) is 0 Å². The Hall–Kier alpha value is -0.810. The van der Waals surface area contributed by atoms with E-state index in [1.165, 1.54) is 0 Å². The number of aromatic nitrogens is 2. The lowest BCUT2D eigenvalue weighted by Crippen LogP contribution is -2.03. The molecular weight excluding hydrogens is 210 g/mol. The molecule has 0 aliphatic rings. The van der Waals surface area contributed by atoms with Crippen LogP contribution in [0.3, 0.4) is 0 Å². The molecular formula is C10H17N3OS. The average Bonchev–Trinajstić information content (AvgIpc) is 2.27. The molecule has 0 spiro atoms. The Morgan fingerprint density at radius 2 is 2.33 bits per heavy atom. The number of hydrogen-bond acceptors (Lipinski definition) is 5. The molecule has 5 heteroatoms. The molecule has 0 radical (unpaired) electrons. The van der Waals surface area contributed by atoms with E-state index in [0.717, 1.165) is 36.2 Å². The minimum Gasteiger partial charge on any atom is -0.384 e. The van der Waals surface area contributed by atoms with Crippen molar-refractivity contribution in [3.63, 3.8) is 0 Å². The van der Waals surface area contributed by atoms with Crippen molar-refractivity contribution in [2.45, 2.75) is 18.4 Å². The van der Waals surface area contributed by atoms with E-state index in [1.807, 2.05) is 0 Å². The quantitative estimate of drug-likeness (QED) is 0.570. The van der Waals surface area contributed by atoms with Crippen LogP contribution in [0.1, 0.15) is 13.3 Å². The molecule has 0 aromatic carbocycles. The average molecular weight is 227 g/mol. The predicted octanol–water partition coefficient (Wildman–Crippen LogP) is 2.04. The van der Waals surface area contributed by atoms with Gasteiger partial charge in [0.2, 0.25) is 0 Å². The Kier molecular flexibility index (Phi) is 6.11. The van der Waals surface area contributed by atoms with E-state index in [2.05, 4.69) is 22.2 Å². The molecule has 0 bridgehead atoms. The molecule has 0 saturated heterocycles. The fourth-order valence-electron chi connectivity index (χ4n) is 0.985. The van der Waals surface area contributed by atoms with Gasteiger partial charge >= 0.3 is 0 Å². The van der Waals surface area contributed by atoms with Crippen LogP contribution in [-0.2, 0) is 4.74 Å². The maximum absolute atomic E-state index is 4.97. The summed E-state index contributed by atoms with van der Waals surface area (Å²) < 4.78 is 4.97. The highest BCUT2D eigenvalue weighted by molar-refractivity contribution is 7.99. The zero-order valence-corrected chi connectivity index (χ0v) is 10.0. The molecule has 0 amide bonds. The van der Waals surface area contributed by atoms with Gasteiger partial charge in [-0.3, -0.25) is 4.98 Å². The summed E-state index contributed by atoms with van der Waals surface area (Å²) in [6, 6.07) is 0. The summed E-state index contributed by atoms with van der Waals surface area (Å²) in [4.78, 5) is 8.55. The lowest BCUT2D eigenvalue weighted by Gasteiger charge is -2.04. The Labute approximate surface area is 94.8 Å². The van der Waals surface area contributed by atoms with Crippen LogP contribution in [0.25, 0.3) is 0 Å². The maximum atomic E-state index is 4.97. The number of hydrogen-bond donors (Lipinski definition) is 1. The van der Waals surface area contributed by atoms with E-state index >= 15 is 0 Å². The van der Waals surface area contributed by atoms with Crippen molar-refractivity contribution in [3.8, 4) is 0 Å². The van der Waals surface area contributed by atoms with E-state index < -0.39 is 0 Å². The van der Waals surface area contributed by atoms with Crippen molar-refractivity contribution in [1.29, 1.82) is 0 Å². The Bertz CT molecular complexity index is 283. The van der Waals surface area contributed by atoms with Gasteiger partial charge in [-0.1, -0.05) is 6.92 Å². The molecule has 0 aliphatic carbocycles. The Morgan fingerprint density at radius 3 is 3.07 bits per heavy atom. The van der Waals surface area contributed by atoms with Gasteiger partial charge in [0.1, 0.15) is 10.8 Å². The van der Waals surface area contributed by atoms with E-state index in [0.29, 0.717) is 0 Å². The Morgan fingerprint density at radius 1 is 1.47 bits per heavy atom. The molecule has 0 saturated carbocycles. The molecule has 84 valence electrons. The summed E-state index contributed by atoms with van der Waals surface area (Å²) in [6.45, 7) is 3.79. The summed E-state index contributed by atoms with van der Waals surface area (Å²) in [5.74, 6) is 1.75. The number of nitrogens with zero attached hydrogens (tertiary/aromatic N) is 2. The Balaban J connectivity index is 2.42. The normalized spacial score (nSPS) is 10.3. The van der Waals surface area contributed by atoms with Crippen LogP contribution in [0.2, 0.25) is 0 Å². The van der Waals surface area contributed by atoms with Crippen LogP contribution in [0, 0.1) is 0 Å². The SMILES string of the molecule is CCCNc1cncc(SCCOC)n1. The monoisotopic (exact) mass is 227 g/mol. The van der Waals surface area contributed by atoms with Crippen molar-refractivity contribution >= 4 is 17.6 Å². The van der Waals surface area contributed by atoms with Crippen LogP contribution in [0.15, 0.2) is 17.4 Å². The number of nitrogens with one attached hydrogen (secondary N) is 1. The first-order valence-corrected chi connectivity index (χ1v) is 6.03. The molecule has 0 aliphatic heterocycles. The summed E-state index contributed by atoms with van der Waals surface area (Å²) in [7, 11) is 1.70. The number of thioether (sulfide) groups is 1. The largest absolute Gasteiger partial charge is 0.384 e. The van der Waals surface area contributed by atoms with Gasteiger partial charge < -0.3 is 10.1 Å². The minimum absolute atomic E-state index is 0.735. The summed E-state index contributed by atoms with van der Waals surface area (Å²) >= 11 is 1.65. The second kappa shape index (κ2) is 7.48. The van der Waals surface area contributed by atoms with Crippen molar-refractivity contribution in [1.82, 2.24) is 9.97 Å². The highest BCUT2D eigenvalue weighted by Gasteiger charge is 1.98. The third-order valence-electron chi connectivity index (χ3n) is 1.71. The first-order chi connectivity index (χ1) is 7.36. The molecule has 1 N–H and O–H groups in total. The number of methoxy groups -OCH3 is 1. The van der Waals surface area contributed by atoms with Crippen LogP contribution >= 0.6 is 11.8 Å². The standard InChI is InChI=1S/C10H17N3OS/c1-3-4-12-9-7-11-8-10(13-9)15-6-5-14-2/h7-8H,3-6H2,1-2H3,(H,12,13). The van der Waals surface area contributed by atoms with Gasteiger partial charge in [0, 0.05) is 19.4 Å².